The van der Waals surface area contributed by atoms with Crippen molar-refractivity contribution in [3.05, 3.63) is 40.7 Å². The molecule has 4 rings (SSSR count). The SMILES string of the molecule is COc1nnc(NC(=O)c2cnc(C)cc2-c2cc(Cl)c([S@@](=O)C3CC3)cc2OC)s1. The molecule has 31 heavy (non-hydrogen) atoms. The number of ether oxygens (including phenoxy) is 2. The molecule has 11 heteroatoms. The van der Waals surface area contributed by atoms with E-state index in [1.807, 2.05) is 6.92 Å². The molecule has 0 aliphatic heterocycles. The molecule has 0 radical (unpaired) electrons. The fraction of sp³-hybridized carbons (Fsp3) is 0.300. The number of carbonyl (C=O) groups excluding carboxylic acids is 1. The van der Waals surface area contributed by atoms with Gasteiger partial charge in [-0.25, -0.2) is 0 Å². The highest BCUT2D eigenvalue weighted by Crippen LogP contribution is 2.41. The Balaban J connectivity index is 1.75. The fourth-order valence-corrected chi connectivity index (χ4v) is 5.35. The summed E-state index contributed by atoms with van der Waals surface area (Å²) in [4.78, 5) is 17.8. The Bertz CT molecular complexity index is 1180. The molecule has 2 aromatic heterocycles. The molecule has 1 amide bonds. The van der Waals surface area contributed by atoms with Gasteiger partial charge in [-0.05, 0) is 49.3 Å². The van der Waals surface area contributed by atoms with Gasteiger partial charge in [0, 0.05) is 28.3 Å². The molecule has 3 aromatic rings. The van der Waals surface area contributed by atoms with Gasteiger partial charge in [-0.3, -0.25) is 19.3 Å². The quantitative estimate of drug-likeness (QED) is 0.545. The van der Waals surface area contributed by atoms with Crippen molar-refractivity contribution in [2.24, 2.45) is 0 Å². The van der Waals surface area contributed by atoms with Crippen LogP contribution in [0, 0.1) is 6.92 Å². The molecule has 162 valence electrons. The van der Waals surface area contributed by atoms with Crippen molar-refractivity contribution < 1.29 is 18.5 Å². The molecule has 1 aliphatic rings. The Morgan fingerprint density at radius 3 is 2.61 bits per heavy atom. The van der Waals surface area contributed by atoms with Crippen LogP contribution in [0.15, 0.2) is 29.3 Å². The van der Waals surface area contributed by atoms with Gasteiger partial charge in [0.25, 0.3) is 11.1 Å². The number of benzene rings is 1. The number of anilines is 1. The number of pyridine rings is 1. The molecule has 1 saturated carbocycles. The zero-order valence-electron chi connectivity index (χ0n) is 17.0. The second-order valence-electron chi connectivity index (χ2n) is 6.88. The molecule has 2 heterocycles. The zero-order valence-corrected chi connectivity index (χ0v) is 19.4. The number of aromatic nitrogens is 3. The second kappa shape index (κ2) is 8.89. The zero-order chi connectivity index (χ0) is 22.1. The van der Waals surface area contributed by atoms with Crippen LogP contribution in [0.1, 0.15) is 28.9 Å². The minimum absolute atomic E-state index is 0.140. The van der Waals surface area contributed by atoms with Crippen LogP contribution in [0.2, 0.25) is 5.02 Å². The lowest BCUT2D eigenvalue weighted by atomic mass is 9.99. The maximum absolute atomic E-state index is 13.0. The van der Waals surface area contributed by atoms with Crippen molar-refractivity contribution in [1.82, 2.24) is 15.2 Å². The highest BCUT2D eigenvalue weighted by atomic mass is 35.5. The number of rotatable bonds is 7. The van der Waals surface area contributed by atoms with Crippen LogP contribution >= 0.6 is 22.9 Å². The molecule has 1 atom stereocenters. The summed E-state index contributed by atoms with van der Waals surface area (Å²) in [7, 11) is 1.82. The van der Waals surface area contributed by atoms with Gasteiger partial charge < -0.3 is 9.47 Å². The monoisotopic (exact) mass is 478 g/mol. The normalized spacial score (nSPS) is 14.2. The van der Waals surface area contributed by atoms with Crippen LogP contribution < -0.4 is 14.8 Å². The summed E-state index contributed by atoms with van der Waals surface area (Å²) >= 11 is 7.61. The van der Waals surface area contributed by atoms with Gasteiger partial charge in [0.1, 0.15) is 5.75 Å². The summed E-state index contributed by atoms with van der Waals surface area (Å²) in [5, 5.41) is 11.6. The third kappa shape index (κ3) is 4.56. The molecule has 1 N–H and O–H groups in total. The van der Waals surface area contributed by atoms with E-state index < -0.39 is 16.7 Å². The number of carbonyl (C=O) groups is 1. The first-order valence-corrected chi connectivity index (χ1v) is 11.8. The van der Waals surface area contributed by atoms with Gasteiger partial charge >= 0.3 is 0 Å². The standard InChI is InChI=1S/C20H19ClN4O4S2/c1-10-6-12(14(9-22-10)18(26)23-19-24-25-20(29-3)30-19)13-7-15(21)17(8-16(13)28-2)31(27)11-4-5-11/h6-9,11H,4-5H2,1-3H3,(H,23,24,26)/t31-/m0/s1. The predicted molar refractivity (Wildman–Crippen MR) is 120 cm³/mol. The summed E-state index contributed by atoms with van der Waals surface area (Å²) in [5.41, 5.74) is 2.22. The third-order valence-electron chi connectivity index (χ3n) is 4.67. The molecule has 0 unspecified atom stereocenters. The summed E-state index contributed by atoms with van der Waals surface area (Å²) in [6, 6.07) is 5.16. The Hall–Kier alpha value is -2.56. The number of hydrogen-bond donors (Lipinski definition) is 1. The lowest BCUT2D eigenvalue weighted by Gasteiger charge is -2.15. The Labute approximate surface area is 190 Å². The highest BCUT2D eigenvalue weighted by molar-refractivity contribution is 7.86. The minimum atomic E-state index is -1.19. The van der Waals surface area contributed by atoms with Gasteiger partial charge in [0.2, 0.25) is 5.13 Å². The second-order valence-corrected chi connectivity index (χ2v) is 9.93. The van der Waals surface area contributed by atoms with E-state index in [1.54, 1.807) is 18.2 Å². The van der Waals surface area contributed by atoms with E-state index in [1.165, 1.54) is 20.4 Å². The van der Waals surface area contributed by atoms with Crippen molar-refractivity contribution in [3.8, 4) is 22.1 Å². The molecular formula is C20H19ClN4O4S2. The van der Waals surface area contributed by atoms with Crippen molar-refractivity contribution >= 4 is 44.8 Å². The summed E-state index contributed by atoms with van der Waals surface area (Å²) < 4.78 is 23.3. The molecule has 1 fully saturated rings. The number of aryl methyl sites for hydroxylation is 1. The van der Waals surface area contributed by atoms with Gasteiger partial charge in [-0.15, -0.1) is 5.10 Å². The van der Waals surface area contributed by atoms with E-state index in [2.05, 4.69) is 20.5 Å². The average Bonchev–Trinajstić information content (AvgIpc) is 3.52. The molecular weight excluding hydrogens is 460 g/mol. The number of nitrogens with one attached hydrogen (secondary N) is 1. The molecule has 1 aliphatic carbocycles. The van der Waals surface area contributed by atoms with Crippen LogP contribution in [0.4, 0.5) is 5.13 Å². The van der Waals surface area contributed by atoms with Crippen molar-refractivity contribution in [1.29, 1.82) is 0 Å². The van der Waals surface area contributed by atoms with Crippen LogP contribution in [-0.2, 0) is 10.8 Å². The molecule has 0 saturated heterocycles. The number of methoxy groups -OCH3 is 2. The maximum Gasteiger partial charge on any atom is 0.295 e. The van der Waals surface area contributed by atoms with E-state index >= 15 is 0 Å². The number of hydrogen-bond acceptors (Lipinski definition) is 8. The van der Waals surface area contributed by atoms with Crippen molar-refractivity contribution in [3.63, 3.8) is 0 Å². The Morgan fingerprint density at radius 1 is 1.19 bits per heavy atom. The first kappa shape index (κ1) is 21.7. The van der Waals surface area contributed by atoms with E-state index in [9.17, 15) is 9.00 Å². The number of halogens is 1. The average molecular weight is 479 g/mol. The van der Waals surface area contributed by atoms with Gasteiger partial charge in [-0.2, -0.15) is 0 Å². The minimum Gasteiger partial charge on any atom is -0.496 e. The Morgan fingerprint density at radius 2 is 1.97 bits per heavy atom. The van der Waals surface area contributed by atoms with E-state index in [0.29, 0.717) is 48.4 Å². The third-order valence-corrected chi connectivity index (χ3v) is 7.75. The highest BCUT2D eigenvalue weighted by Gasteiger charge is 2.31. The molecule has 0 spiro atoms. The molecule has 1 aromatic carbocycles. The first-order valence-electron chi connectivity index (χ1n) is 9.35. The van der Waals surface area contributed by atoms with Crippen molar-refractivity contribution in [2.45, 2.75) is 29.9 Å². The van der Waals surface area contributed by atoms with Crippen LogP contribution in [-0.4, -0.2) is 44.8 Å². The summed E-state index contributed by atoms with van der Waals surface area (Å²) in [6.45, 7) is 1.82. The van der Waals surface area contributed by atoms with Gasteiger partial charge in [0.05, 0.1) is 40.5 Å². The van der Waals surface area contributed by atoms with E-state index in [-0.39, 0.29) is 5.25 Å². The topological polar surface area (TPSA) is 103 Å². The largest absolute Gasteiger partial charge is 0.496 e. The smallest absolute Gasteiger partial charge is 0.295 e. The number of amides is 1. The van der Waals surface area contributed by atoms with Crippen LogP contribution in [0.3, 0.4) is 0 Å². The lowest BCUT2D eigenvalue weighted by Crippen LogP contribution is -2.14. The molecule has 0 bridgehead atoms. The van der Waals surface area contributed by atoms with E-state index in [0.717, 1.165) is 24.2 Å². The Kier molecular flexibility index (Phi) is 6.22. The summed E-state index contributed by atoms with van der Waals surface area (Å²) in [5.74, 6) is 0.0655. The number of nitrogens with zero attached hydrogens (tertiary/aromatic N) is 3. The van der Waals surface area contributed by atoms with Gasteiger partial charge in [-0.1, -0.05) is 16.7 Å². The summed E-state index contributed by atoms with van der Waals surface area (Å²) in [6.07, 6.45) is 3.34. The van der Waals surface area contributed by atoms with Crippen LogP contribution in [0.5, 0.6) is 10.9 Å². The van der Waals surface area contributed by atoms with Crippen molar-refractivity contribution in [2.75, 3.05) is 19.5 Å². The van der Waals surface area contributed by atoms with E-state index in [4.69, 9.17) is 21.1 Å². The lowest BCUT2D eigenvalue weighted by molar-refractivity contribution is 0.102. The molecule has 8 nitrogen and oxygen atoms in total. The van der Waals surface area contributed by atoms with Crippen LogP contribution in [0.25, 0.3) is 11.1 Å². The fourth-order valence-electron chi connectivity index (χ4n) is 3.00. The predicted octanol–water partition coefficient (Wildman–Crippen LogP) is 4.10. The first-order chi connectivity index (χ1) is 14.9. The maximum atomic E-state index is 13.0. The van der Waals surface area contributed by atoms with Gasteiger partial charge in [0.15, 0.2) is 0 Å².